The second kappa shape index (κ2) is 11.8. The lowest BCUT2D eigenvalue weighted by Gasteiger charge is -2.34. The predicted molar refractivity (Wildman–Crippen MR) is 146 cm³/mol. The van der Waals surface area contributed by atoms with Crippen LogP contribution in [-0.4, -0.2) is 79.3 Å². The molecule has 0 spiro atoms. The summed E-state index contributed by atoms with van der Waals surface area (Å²) in [6, 6.07) is 9.25. The Morgan fingerprint density at radius 1 is 1.27 bits per heavy atom. The van der Waals surface area contributed by atoms with Crippen molar-refractivity contribution < 1.29 is 19.4 Å². The summed E-state index contributed by atoms with van der Waals surface area (Å²) in [5.41, 5.74) is 1.50. The van der Waals surface area contributed by atoms with E-state index in [-0.39, 0.29) is 18.4 Å². The summed E-state index contributed by atoms with van der Waals surface area (Å²) in [7, 11) is 0. The highest BCUT2D eigenvalue weighted by Gasteiger charge is 2.32. The van der Waals surface area contributed by atoms with Crippen molar-refractivity contribution in [3.05, 3.63) is 47.9 Å². The molecule has 3 unspecified atom stereocenters. The molecule has 1 amide bonds. The number of ether oxygens (including phenoxy) is 2. The normalized spacial score (nSPS) is 18.8. The number of aliphatic hydroxyl groups is 1. The predicted octanol–water partition coefficient (Wildman–Crippen LogP) is 2.02. The number of hydrogen-bond donors (Lipinski definition) is 2. The number of amides is 1. The first-order chi connectivity index (χ1) is 19.2. The molecule has 0 saturated carbocycles. The molecule has 5 rings (SSSR count). The lowest BCUT2D eigenvalue weighted by atomic mass is 9.98. The zero-order chi connectivity index (χ0) is 28.3. The molecule has 212 valence electrons. The quantitative estimate of drug-likeness (QED) is 0.382. The van der Waals surface area contributed by atoms with Gasteiger partial charge >= 0.3 is 0 Å². The third-order valence-electron chi connectivity index (χ3n) is 7.21. The van der Waals surface area contributed by atoms with Gasteiger partial charge in [0.05, 0.1) is 24.1 Å². The number of rotatable bonds is 9. The maximum atomic E-state index is 13.4. The van der Waals surface area contributed by atoms with Gasteiger partial charge in [0, 0.05) is 31.4 Å². The SMILES string of the molecule is CC(C)(C)OC(O)NC(CC#N)C(=O)N1CCc2cccc(OCC3CCCN3c3ccnc4ncnn34)c2C1. The van der Waals surface area contributed by atoms with Crippen LogP contribution in [0.1, 0.15) is 51.2 Å². The second-order valence-corrected chi connectivity index (χ2v) is 11.1. The van der Waals surface area contributed by atoms with E-state index in [1.807, 2.05) is 24.3 Å². The highest BCUT2D eigenvalue weighted by atomic mass is 16.6. The zero-order valence-electron chi connectivity index (χ0n) is 23.2. The molecule has 12 heteroatoms. The van der Waals surface area contributed by atoms with Gasteiger partial charge in [0.15, 0.2) is 0 Å². The molecule has 12 nitrogen and oxygen atoms in total. The average molecular weight is 549 g/mol. The fraction of sp³-hybridized carbons (Fsp3) is 0.536. The molecule has 2 aliphatic heterocycles. The third-order valence-corrected chi connectivity index (χ3v) is 7.21. The number of aliphatic hydroxyl groups excluding tert-OH is 1. The molecule has 4 heterocycles. The first-order valence-corrected chi connectivity index (χ1v) is 13.7. The van der Waals surface area contributed by atoms with E-state index >= 15 is 0 Å². The Bertz CT molecular complexity index is 1380. The molecule has 2 aromatic heterocycles. The van der Waals surface area contributed by atoms with Gasteiger partial charge in [0.25, 0.3) is 5.78 Å². The van der Waals surface area contributed by atoms with E-state index in [0.717, 1.165) is 42.1 Å². The van der Waals surface area contributed by atoms with Crippen molar-refractivity contribution in [1.29, 1.82) is 5.26 Å². The van der Waals surface area contributed by atoms with Crippen LogP contribution in [0.2, 0.25) is 0 Å². The van der Waals surface area contributed by atoms with Crippen molar-refractivity contribution in [3.63, 3.8) is 0 Å². The highest BCUT2D eigenvalue weighted by molar-refractivity contribution is 5.82. The first-order valence-electron chi connectivity index (χ1n) is 13.7. The zero-order valence-corrected chi connectivity index (χ0v) is 23.2. The molecule has 2 aliphatic rings. The number of hydrogen-bond acceptors (Lipinski definition) is 10. The van der Waals surface area contributed by atoms with Crippen LogP contribution in [0.25, 0.3) is 5.78 Å². The maximum Gasteiger partial charge on any atom is 0.254 e. The van der Waals surface area contributed by atoms with E-state index in [1.54, 1.807) is 36.4 Å². The fourth-order valence-corrected chi connectivity index (χ4v) is 5.38. The van der Waals surface area contributed by atoms with Gasteiger partial charge in [-0.15, -0.1) is 0 Å². The Morgan fingerprint density at radius 3 is 2.92 bits per heavy atom. The van der Waals surface area contributed by atoms with Gasteiger partial charge in [-0.2, -0.15) is 19.9 Å². The standard InChI is InChI=1S/C28H36N8O4/c1-28(2,3)40-27(38)33-22(9-12-29)25(37)34-15-11-19-6-4-8-23(21(19)16-34)39-17-20-7-5-14-35(20)24-10-13-30-26-31-18-32-36(24)26/h4,6,8,10,13,18,20,22,27,33,38H,5,7,9,11,14-17H2,1-3H3. The molecule has 3 aromatic rings. The van der Waals surface area contributed by atoms with E-state index in [0.29, 0.717) is 31.9 Å². The van der Waals surface area contributed by atoms with Crippen LogP contribution < -0.4 is 15.0 Å². The largest absolute Gasteiger partial charge is 0.491 e. The second-order valence-electron chi connectivity index (χ2n) is 11.1. The number of carbonyl (C=O) groups is 1. The first kappa shape index (κ1) is 27.8. The van der Waals surface area contributed by atoms with Gasteiger partial charge in [-0.3, -0.25) is 10.1 Å². The molecule has 1 fully saturated rings. The molecular formula is C28H36N8O4. The summed E-state index contributed by atoms with van der Waals surface area (Å²) in [6.07, 6.45) is 4.50. The van der Waals surface area contributed by atoms with Crippen molar-refractivity contribution in [2.45, 2.75) is 77.1 Å². The van der Waals surface area contributed by atoms with Gasteiger partial charge in [0.1, 0.15) is 30.5 Å². The molecular weight excluding hydrogens is 512 g/mol. The van der Waals surface area contributed by atoms with Crippen LogP contribution in [0, 0.1) is 11.3 Å². The van der Waals surface area contributed by atoms with Crippen molar-refractivity contribution >= 4 is 17.5 Å². The third kappa shape index (κ3) is 6.17. The summed E-state index contributed by atoms with van der Waals surface area (Å²) >= 11 is 0. The molecule has 0 radical (unpaired) electrons. The summed E-state index contributed by atoms with van der Waals surface area (Å²) in [5, 5.41) is 26.7. The minimum Gasteiger partial charge on any atom is -0.491 e. The van der Waals surface area contributed by atoms with Gasteiger partial charge in [-0.1, -0.05) is 12.1 Å². The Balaban J connectivity index is 1.27. The number of aromatic nitrogens is 4. The van der Waals surface area contributed by atoms with Crippen molar-refractivity contribution in [3.8, 4) is 11.8 Å². The number of nitrogens with zero attached hydrogens (tertiary/aromatic N) is 7. The number of carbonyl (C=O) groups excluding carboxylic acids is 1. The van der Waals surface area contributed by atoms with Crippen molar-refractivity contribution in [1.82, 2.24) is 29.8 Å². The molecule has 1 aromatic carbocycles. The summed E-state index contributed by atoms with van der Waals surface area (Å²) in [6.45, 7) is 7.67. The van der Waals surface area contributed by atoms with Gasteiger partial charge < -0.3 is 24.4 Å². The Labute approximate surface area is 233 Å². The summed E-state index contributed by atoms with van der Waals surface area (Å²) in [4.78, 5) is 25.9. The van der Waals surface area contributed by atoms with E-state index < -0.39 is 18.1 Å². The monoisotopic (exact) mass is 548 g/mol. The average Bonchev–Trinajstić information content (AvgIpc) is 3.59. The van der Waals surface area contributed by atoms with Crippen molar-refractivity contribution in [2.75, 3.05) is 24.6 Å². The molecule has 3 atom stereocenters. The smallest absolute Gasteiger partial charge is 0.254 e. The Morgan fingerprint density at radius 2 is 2.12 bits per heavy atom. The lowest BCUT2D eigenvalue weighted by Crippen LogP contribution is -2.52. The number of fused-ring (bicyclic) bond motifs is 2. The topological polar surface area (TPSA) is 141 Å². The molecule has 0 aliphatic carbocycles. The van der Waals surface area contributed by atoms with E-state index in [1.165, 1.54) is 6.33 Å². The van der Waals surface area contributed by atoms with E-state index in [4.69, 9.17) is 9.47 Å². The minimum absolute atomic E-state index is 0.0868. The molecule has 40 heavy (non-hydrogen) atoms. The number of anilines is 1. The van der Waals surface area contributed by atoms with E-state index in [9.17, 15) is 15.2 Å². The van der Waals surface area contributed by atoms with Gasteiger partial charge in [0.2, 0.25) is 12.3 Å². The van der Waals surface area contributed by atoms with E-state index in [2.05, 4.69) is 31.3 Å². The Kier molecular flexibility index (Phi) is 8.16. The molecule has 1 saturated heterocycles. The molecule has 0 bridgehead atoms. The van der Waals surface area contributed by atoms with Crippen molar-refractivity contribution in [2.24, 2.45) is 0 Å². The maximum absolute atomic E-state index is 13.4. The number of nitriles is 1. The fourth-order valence-electron chi connectivity index (χ4n) is 5.38. The summed E-state index contributed by atoms with van der Waals surface area (Å²) in [5.74, 6) is 2.00. The van der Waals surface area contributed by atoms with Gasteiger partial charge in [-0.25, -0.2) is 4.98 Å². The van der Waals surface area contributed by atoms with Crippen LogP contribution in [0.5, 0.6) is 5.75 Å². The highest BCUT2D eigenvalue weighted by Crippen LogP contribution is 2.31. The van der Waals surface area contributed by atoms with Gasteiger partial charge in [-0.05, 0) is 57.7 Å². The van der Waals surface area contributed by atoms with Crippen LogP contribution in [-0.2, 0) is 22.5 Å². The van der Waals surface area contributed by atoms with Crippen LogP contribution in [0.3, 0.4) is 0 Å². The van der Waals surface area contributed by atoms with Crippen LogP contribution >= 0.6 is 0 Å². The lowest BCUT2D eigenvalue weighted by molar-refractivity contribution is -0.188. The Hall–Kier alpha value is -3.79. The van der Waals surface area contributed by atoms with Crippen LogP contribution in [0.4, 0.5) is 5.82 Å². The minimum atomic E-state index is -1.37. The number of nitrogens with one attached hydrogen (secondary N) is 1. The summed E-state index contributed by atoms with van der Waals surface area (Å²) < 4.78 is 13.7. The van der Waals surface area contributed by atoms with Crippen LogP contribution in [0.15, 0.2) is 36.8 Å². The number of benzene rings is 1. The molecule has 2 N–H and O–H groups in total.